The zero-order chi connectivity index (χ0) is 19.7. The zero-order valence-electron chi connectivity index (χ0n) is 13.8. The summed E-state index contributed by atoms with van der Waals surface area (Å²) in [4.78, 5) is 23.9. The molecule has 0 unspecified atom stereocenters. The van der Waals surface area contributed by atoms with Crippen molar-refractivity contribution in [2.75, 3.05) is 5.32 Å². The molecule has 0 fully saturated rings. The molecule has 4 rings (SSSR count). The van der Waals surface area contributed by atoms with Crippen molar-refractivity contribution >= 4 is 46.0 Å². The SMILES string of the molecule is N#Cc1cc(Cl)c(-c2nc3ncnc(Nc4cnc(C#N)cn4)c3[nH]2)c(Cl)c1. The van der Waals surface area contributed by atoms with Crippen molar-refractivity contribution in [3.63, 3.8) is 0 Å². The first-order valence-corrected chi connectivity index (χ1v) is 8.44. The smallest absolute Gasteiger partial charge is 0.183 e. The van der Waals surface area contributed by atoms with E-state index >= 15 is 0 Å². The third-order valence-electron chi connectivity index (χ3n) is 3.71. The molecule has 0 aliphatic carbocycles. The number of nitrogens with one attached hydrogen (secondary N) is 2. The number of anilines is 2. The van der Waals surface area contributed by atoms with Gasteiger partial charge in [0, 0.05) is 0 Å². The minimum atomic E-state index is 0.201. The van der Waals surface area contributed by atoms with Crippen molar-refractivity contribution in [3.8, 4) is 23.5 Å². The molecule has 0 spiro atoms. The molecule has 0 saturated heterocycles. The largest absolute Gasteiger partial charge is 0.333 e. The van der Waals surface area contributed by atoms with E-state index in [1.165, 1.54) is 30.9 Å². The minimum Gasteiger partial charge on any atom is -0.333 e. The lowest BCUT2D eigenvalue weighted by molar-refractivity contribution is 1.14. The van der Waals surface area contributed by atoms with Crippen LogP contribution in [0.3, 0.4) is 0 Å². The molecule has 3 heterocycles. The monoisotopic (exact) mass is 407 g/mol. The van der Waals surface area contributed by atoms with Gasteiger partial charge in [0.05, 0.1) is 39.6 Å². The number of nitriles is 2. The Hall–Kier alpha value is -3.79. The number of fused-ring (bicyclic) bond motifs is 1. The average Bonchev–Trinajstić information content (AvgIpc) is 3.12. The summed E-state index contributed by atoms with van der Waals surface area (Å²) < 4.78 is 0. The van der Waals surface area contributed by atoms with Gasteiger partial charge in [-0.3, -0.25) is 0 Å². The van der Waals surface area contributed by atoms with E-state index in [9.17, 15) is 0 Å². The van der Waals surface area contributed by atoms with Gasteiger partial charge in [-0.05, 0) is 12.1 Å². The Morgan fingerprint density at radius 3 is 2.39 bits per heavy atom. The number of H-pyrrole nitrogens is 1. The highest BCUT2D eigenvalue weighted by molar-refractivity contribution is 6.39. The number of hydrogen-bond acceptors (Lipinski definition) is 8. The molecule has 0 saturated carbocycles. The summed E-state index contributed by atoms with van der Waals surface area (Å²) in [6.07, 6.45) is 4.10. The van der Waals surface area contributed by atoms with Gasteiger partial charge in [0.1, 0.15) is 29.6 Å². The number of benzene rings is 1. The molecule has 0 radical (unpaired) electrons. The normalized spacial score (nSPS) is 10.4. The quantitative estimate of drug-likeness (QED) is 0.524. The van der Waals surface area contributed by atoms with Crippen LogP contribution in [0.4, 0.5) is 11.6 Å². The molecule has 28 heavy (non-hydrogen) atoms. The van der Waals surface area contributed by atoms with Crippen molar-refractivity contribution < 1.29 is 0 Å². The molecule has 0 aliphatic heterocycles. The van der Waals surface area contributed by atoms with Gasteiger partial charge >= 0.3 is 0 Å². The predicted molar refractivity (Wildman–Crippen MR) is 102 cm³/mol. The maximum atomic E-state index is 9.03. The van der Waals surface area contributed by atoms with Crippen LogP contribution in [0.2, 0.25) is 10.0 Å². The van der Waals surface area contributed by atoms with Crippen LogP contribution >= 0.6 is 23.2 Å². The molecular weight excluding hydrogens is 401 g/mol. The molecule has 0 atom stereocenters. The lowest BCUT2D eigenvalue weighted by Gasteiger charge is -2.05. The Kier molecular flexibility index (Phi) is 4.45. The molecule has 134 valence electrons. The van der Waals surface area contributed by atoms with Gasteiger partial charge in [0.15, 0.2) is 17.2 Å². The maximum Gasteiger partial charge on any atom is 0.183 e. The zero-order valence-corrected chi connectivity index (χ0v) is 15.3. The first kappa shape index (κ1) is 17.6. The van der Waals surface area contributed by atoms with Crippen molar-refractivity contribution in [1.29, 1.82) is 10.5 Å². The van der Waals surface area contributed by atoms with Gasteiger partial charge in [-0.2, -0.15) is 10.5 Å². The summed E-state index contributed by atoms with van der Waals surface area (Å²) in [6.45, 7) is 0. The van der Waals surface area contributed by atoms with Crippen LogP contribution in [0, 0.1) is 22.7 Å². The molecule has 0 bridgehead atoms. The van der Waals surface area contributed by atoms with Crippen molar-refractivity contribution in [1.82, 2.24) is 29.9 Å². The molecule has 0 amide bonds. The molecule has 0 aliphatic rings. The van der Waals surface area contributed by atoms with Crippen LogP contribution in [0.15, 0.2) is 30.9 Å². The number of aromatic amines is 1. The Bertz CT molecular complexity index is 1260. The number of imidazole rings is 1. The Morgan fingerprint density at radius 1 is 0.964 bits per heavy atom. The molecule has 1 aromatic carbocycles. The number of rotatable bonds is 3. The summed E-state index contributed by atoms with van der Waals surface area (Å²) in [7, 11) is 0. The highest BCUT2D eigenvalue weighted by atomic mass is 35.5. The second kappa shape index (κ2) is 7.08. The molecule has 3 aromatic heterocycles. The van der Waals surface area contributed by atoms with Crippen LogP contribution in [-0.4, -0.2) is 29.9 Å². The third-order valence-corrected chi connectivity index (χ3v) is 4.31. The summed E-state index contributed by atoms with van der Waals surface area (Å²) in [5.41, 5.74) is 1.87. The highest BCUT2D eigenvalue weighted by Gasteiger charge is 2.17. The summed E-state index contributed by atoms with van der Waals surface area (Å²) in [6, 6.07) is 6.91. The van der Waals surface area contributed by atoms with E-state index in [1.807, 2.05) is 12.1 Å². The van der Waals surface area contributed by atoms with Crippen LogP contribution in [0.1, 0.15) is 11.3 Å². The van der Waals surface area contributed by atoms with Crippen LogP contribution in [0.5, 0.6) is 0 Å². The van der Waals surface area contributed by atoms with E-state index in [0.717, 1.165) is 0 Å². The van der Waals surface area contributed by atoms with Crippen LogP contribution in [0.25, 0.3) is 22.6 Å². The fourth-order valence-electron chi connectivity index (χ4n) is 2.48. The van der Waals surface area contributed by atoms with Crippen LogP contribution < -0.4 is 5.32 Å². The predicted octanol–water partition coefficient (Wildman–Crippen LogP) is 3.60. The minimum absolute atomic E-state index is 0.201. The average molecular weight is 408 g/mol. The fourth-order valence-corrected chi connectivity index (χ4v) is 3.14. The van der Waals surface area contributed by atoms with E-state index in [1.54, 1.807) is 0 Å². The van der Waals surface area contributed by atoms with Gasteiger partial charge in [-0.15, -0.1) is 0 Å². The van der Waals surface area contributed by atoms with Gasteiger partial charge in [-0.25, -0.2) is 24.9 Å². The number of hydrogen-bond donors (Lipinski definition) is 2. The molecule has 2 N–H and O–H groups in total. The summed E-state index contributed by atoms with van der Waals surface area (Å²) in [5.74, 6) is 1.18. The van der Waals surface area contributed by atoms with Gasteiger partial charge in [-0.1, -0.05) is 23.2 Å². The maximum absolute atomic E-state index is 9.03. The molecule has 4 aromatic rings. The second-order valence-electron chi connectivity index (χ2n) is 5.46. The van der Waals surface area contributed by atoms with Gasteiger partial charge in [0.2, 0.25) is 0 Å². The Labute approximate surface area is 167 Å². The van der Waals surface area contributed by atoms with E-state index < -0.39 is 0 Å². The molecule has 11 heteroatoms. The molecule has 9 nitrogen and oxygen atoms in total. The highest BCUT2D eigenvalue weighted by Crippen LogP contribution is 2.35. The first-order chi connectivity index (χ1) is 13.6. The van der Waals surface area contributed by atoms with Gasteiger partial charge < -0.3 is 10.3 Å². The van der Waals surface area contributed by atoms with Gasteiger partial charge in [0.25, 0.3) is 0 Å². The summed E-state index contributed by atoms with van der Waals surface area (Å²) >= 11 is 12.6. The Morgan fingerprint density at radius 2 is 1.75 bits per heavy atom. The second-order valence-corrected chi connectivity index (χ2v) is 6.27. The number of nitrogens with zero attached hydrogens (tertiary/aromatic N) is 7. The lowest BCUT2D eigenvalue weighted by atomic mass is 10.1. The number of aromatic nitrogens is 6. The Balaban J connectivity index is 1.77. The lowest BCUT2D eigenvalue weighted by Crippen LogP contribution is -1.99. The molecular formula is C17H7Cl2N9. The third kappa shape index (κ3) is 3.16. The standard InChI is InChI=1S/C17H7Cl2N9/c18-10-1-8(3-20)2-11(19)13(10)15-27-14-16(24-7-25-17(14)28-15)26-12-6-22-9(4-21)5-23-12/h1-2,5-7H,(H2,23,24,25,26,27,28). The fraction of sp³-hybridized carbons (Fsp3) is 0. The van der Waals surface area contributed by atoms with E-state index in [0.29, 0.717) is 39.8 Å². The van der Waals surface area contributed by atoms with Crippen molar-refractivity contribution in [2.24, 2.45) is 0 Å². The van der Waals surface area contributed by atoms with Crippen molar-refractivity contribution in [3.05, 3.63) is 52.2 Å². The van der Waals surface area contributed by atoms with E-state index in [4.69, 9.17) is 33.7 Å². The number of halogens is 2. The van der Waals surface area contributed by atoms with Crippen molar-refractivity contribution in [2.45, 2.75) is 0 Å². The van der Waals surface area contributed by atoms with Crippen LogP contribution in [-0.2, 0) is 0 Å². The topological polar surface area (TPSA) is 140 Å². The summed E-state index contributed by atoms with van der Waals surface area (Å²) in [5, 5.41) is 21.4. The van der Waals surface area contributed by atoms with E-state index in [-0.39, 0.29) is 15.7 Å². The van der Waals surface area contributed by atoms with E-state index in [2.05, 4.69) is 35.2 Å². The first-order valence-electron chi connectivity index (χ1n) is 7.68.